The summed E-state index contributed by atoms with van der Waals surface area (Å²) in [7, 11) is -2.22. The lowest BCUT2D eigenvalue weighted by molar-refractivity contribution is 0.363. The molecule has 0 aliphatic heterocycles. The first-order valence-electron chi connectivity index (χ1n) is 8.18. The Bertz CT molecular complexity index is 474. The molecule has 1 unspecified atom stereocenters. The number of nitrogens with one attached hydrogen (secondary N) is 1. The van der Waals surface area contributed by atoms with E-state index in [0.717, 1.165) is 16.8 Å². The lowest BCUT2D eigenvalue weighted by atomic mass is 9.95. The lowest BCUT2D eigenvalue weighted by Crippen LogP contribution is -2.35. The molecule has 0 amide bonds. The highest BCUT2D eigenvalue weighted by Gasteiger charge is 2.32. The molecule has 1 aromatic rings. The molecule has 0 heterocycles. The van der Waals surface area contributed by atoms with Crippen LogP contribution in [-0.4, -0.2) is 18.4 Å². The normalized spacial score (nSPS) is 18.6. The third kappa shape index (κ3) is 4.43. The van der Waals surface area contributed by atoms with E-state index in [9.17, 15) is 4.57 Å². The number of hydrogen-bond donors (Lipinski definition) is 1. The average molecular weight is 372 g/mol. The van der Waals surface area contributed by atoms with Crippen molar-refractivity contribution in [3.05, 3.63) is 34.3 Å². The van der Waals surface area contributed by atoms with Crippen LogP contribution in [0.5, 0.6) is 0 Å². The van der Waals surface area contributed by atoms with E-state index in [-0.39, 0.29) is 5.78 Å². The molecule has 118 valence electrons. The van der Waals surface area contributed by atoms with E-state index < -0.39 is 7.14 Å². The van der Waals surface area contributed by atoms with Gasteiger partial charge in [0.05, 0.1) is 5.78 Å². The van der Waals surface area contributed by atoms with Crippen molar-refractivity contribution < 1.29 is 4.57 Å². The molecular formula is C17H27BrNOP. The van der Waals surface area contributed by atoms with Crippen molar-refractivity contribution in [3.8, 4) is 0 Å². The van der Waals surface area contributed by atoms with Crippen molar-refractivity contribution in [1.82, 2.24) is 5.32 Å². The molecule has 1 atom stereocenters. The zero-order valence-electron chi connectivity index (χ0n) is 13.1. The first kappa shape index (κ1) is 17.2. The van der Waals surface area contributed by atoms with Gasteiger partial charge in [-0.1, -0.05) is 61.2 Å². The maximum Gasteiger partial charge on any atom is 0.108 e. The largest absolute Gasteiger partial charge is 0.322 e. The predicted molar refractivity (Wildman–Crippen MR) is 95.6 cm³/mol. The summed E-state index contributed by atoms with van der Waals surface area (Å²) in [4.78, 5) is 0. The molecule has 4 heteroatoms. The molecule has 1 aromatic carbocycles. The zero-order chi connectivity index (χ0) is 15.3. The molecule has 1 saturated carbocycles. The minimum absolute atomic E-state index is 0.0173. The Morgan fingerprint density at radius 3 is 2.24 bits per heavy atom. The van der Waals surface area contributed by atoms with E-state index in [0.29, 0.717) is 6.04 Å². The molecule has 1 aliphatic carbocycles. The summed E-state index contributed by atoms with van der Waals surface area (Å²) >= 11 is 3.49. The van der Waals surface area contributed by atoms with Gasteiger partial charge in [0, 0.05) is 10.5 Å². The predicted octanol–water partition coefficient (Wildman–Crippen LogP) is 5.77. The van der Waals surface area contributed by atoms with E-state index >= 15 is 0 Å². The van der Waals surface area contributed by atoms with Crippen molar-refractivity contribution >= 4 is 23.1 Å². The molecule has 0 saturated heterocycles. The number of halogens is 1. The molecular weight excluding hydrogens is 345 g/mol. The van der Waals surface area contributed by atoms with Crippen LogP contribution >= 0.6 is 23.1 Å². The smallest absolute Gasteiger partial charge is 0.108 e. The monoisotopic (exact) mass is 371 g/mol. The highest BCUT2D eigenvalue weighted by Crippen LogP contribution is 2.57. The Labute approximate surface area is 137 Å². The Morgan fingerprint density at radius 1 is 1.14 bits per heavy atom. The summed E-state index contributed by atoms with van der Waals surface area (Å²) in [6, 6.07) is 8.87. The van der Waals surface area contributed by atoms with E-state index in [4.69, 9.17) is 0 Å². The maximum absolute atomic E-state index is 13.3. The fourth-order valence-corrected chi connectivity index (χ4v) is 5.87. The van der Waals surface area contributed by atoms with Crippen LogP contribution < -0.4 is 5.32 Å². The van der Waals surface area contributed by atoms with Crippen LogP contribution in [0, 0.1) is 0 Å². The second kappa shape index (κ2) is 7.94. The van der Waals surface area contributed by atoms with E-state index in [2.05, 4.69) is 59.4 Å². The van der Waals surface area contributed by atoms with E-state index in [1.165, 1.54) is 37.7 Å². The van der Waals surface area contributed by atoms with Crippen molar-refractivity contribution in [2.45, 2.75) is 57.8 Å². The Kier molecular flexibility index (Phi) is 6.52. The van der Waals surface area contributed by atoms with Gasteiger partial charge in [-0.2, -0.15) is 0 Å². The summed E-state index contributed by atoms with van der Waals surface area (Å²) in [6.45, 7) is 4.14. The summed E-state index contributed by atoms with van der Waals surface area (Å²) in [5.41, 5.74) is 1.18. The third-order valence-corrected chi connectivity index (χ3v) is 8.78. The van der Waals surface area contributed by atoms with Gasteiger partial charge in [-0.25, -0.2) is 0 Å². The highest BCUT2D eigenvalue weighted by atomic mass is 79.9. The van der Waals surface area contributed by atoms with Gasteiger partial charge in [-0.05, 0) is 42.9 Å². The number of hydrogen-bond acceptors (Lipinski definition) is 2. The van der Waals surface area contributed by atoms with Crippen molar-refractivity contribution in [1.29, 1.82) is 0 Å². The quantitative estimate of drug-likeness (QED) is 0.642. The molecule has 0 bridgehead atoms. The SMILES string of the molecule is CCP(=O)(CC)C(NC1CCCCC1)c1ccc(Br)cc1. The molecule has 21 heavy (non-hydrogen) atoms. The van der Waals surface area contributed by atoms with Gasteiger partial charge in [0.15, 0.2) is 0 Å². The summed E-state index contributed by atoms with van der Waals surface area (Å²) < 4.78 is 14.4. The average Bonchev–Trinajstić information content (AvgIpc) is 2.54. The topological polar surface area (TPSA) is 29.1 Å². The third-order valence-electron chi connectivity index (χ3n) is 4.73. The van der Waals surface area contributed by atoms with Gasteiger partial charge in [0.1, 0.15) is 7.14 Å². The van der Waals surface area contributed by atoms with Crippen LogP contribution in [0.25, 0.3) is 0 Å². The minimum Gasteiger partial charge on any atom is -0.322 e. The Balaban J connectivity index is 2.25. The molecule has 2 nitrogen and oxygen atoms in total. The zero-order valence-corrected chi connectivity index (χ0v) is 15.6. The maximum atomic E-state index is 13.3. The molecule has 2 rings (SSSR count). The molecule has 0 spiro atoms. The molecule has 0 radical (unpaired) electrons. The summed E-state index contributed by atoms with van der Waals surface area (Å²) in [5, 5.41) is 3.76. The molecule has 0 aromatic heterocycles. The Hall–Kier alpha value is -0.110. The Morgan fingerprint density at radius 2 is 1.71 bits per heavy atom. The van der Waals surface area contributed by atoms with Crippen LogP contribution in [0.15, 0.2) is 28.7 Å². The van der Waals surface area contributed by atoms with Crippen LogP contribution in [-0.2, 0) is 4.57 Å². The molecule has 1 aliphatic rings. The van der Waals surface area contributed by atoms with Crippen molar-refractivity contribution in [2.24, 2.45) is 0 Å². The van der Waals surface area contributed by atoms with Gasteiger partial charge in [-0.3, -0.25) is 0 Å². The fraction of sp³-hybridized carbons (Fsp3) is 0.647. The highest BCUT2D eigenvalue weighted by molar-refractivity contribution is 9.10. The lowest BCUT2D eigenvalue weighted by Gasteiger charge is -2.33. The van der Waals surface area contributed by atoms with Crippen molar-refractivity contribution in [2.75, 3.05) is 12.3 Å². The first-order chi connectivity index (χ1) is 10.1. The van der Waals surface area contributed by atoms with Crippen LogP contribution in [0.2, 0.25) is 0 Å². The summed E-state index contributed by atoms with van der Waals surface area (Å²) in [6.07, 6.45) is 7.93. The fourth-order valence-electron chi connectivity index (χ4n) is 3.23. The van der Waals surface area contributed by atoms with Gasteiger partial charge in [0.2, 0.25) is 0 Å². The van der Waals surface area contributed by atoms with Crippen LogP contribution in [0.4, 0.5) is 0 Å². The van der Waals surface area contributed by atoms with Crippen molar-refractivity contribution in [3.63, 3.8) is 0 Å². The molecule has 1 fully saturated rings. The van der Waals surface area contributed by atoms with Crippen LogP contribution in [0.3, 0.4) is 0 Å². The van der Waals surface area contributed by atoms with E-state index in [1.54, 1.807) is 0 Å². The first-order valence-corrected chi connectivity index (χ1v) is 11.1. The van der Waals surface area contributed by atoms with Gasteiger partial charge in [-0.15, -0.1) is 0 Å². The number of rotatable bonds is 6. The minimum atomic E-state index is -2.22. The van der Waals surface area contributed by atoms with Gasteiger partial charge in [0.25, 0.3) is 0 Å². The van der Waals surface area contributed by atoms with Gasteiger partial charge >= 0.3 is 0 Å². The molecule has 1 N–H and O–H groups in total. The van der Waals surface area contributed by atoms with Gasteiger partial charge < -0.3 is 9.88 Å². The summed E-state index contributed by atoms with van der Waals surface area (Å²) in [5.74, 6) is 0.0173. The van der Waals surface area contributed by atoms with E-state index in [1.807, 2.05) is 0 Å². The second-order valence-electron chi connectivity index (χ2n) is 6.04. The number of benzene rings is 1. The second-order valence-corrected chi connectivity index (χ2v) is 10.6. The van der Waals surface area contributed by atoms with Crippen LogP contribution in [0.1, 0.15) is 57.3 Å². The standard InChI is InChI=1S/C17H27BrNOP/c1-3-21(20,4-2)17(14-10-12-15(18)13-11-14)19-16-8-6-5-7-9-16/h10-13,16-17,19H,3-9H2,1-2H3.